The van der Waals surface area contributed by atoms with E-state index in [1.807, 2.05) is 6.07 Å². The molecule has 1 aromatic carbocycles. The lowest BCUT2D eigenvalue weighted by Crippen LogP contribution is -2.37. The van der Waals surface area contributed by atoms with E-state index in [0.29, 0.717) is 36.8 Å². The standard InChI is InChI=1S/C23H24FN3O5S/c1-15-19(23(26-32-15)16-3-6-18(24)7-4-16)14-31-21-8-5-17-13-27(11-9-20(17)25-21)22(28)10-12-33(2,29)30/h3-8H,9-14H2,1-2H3. The summed E-state index contributed by atoms with van der Waals surface area (Å²) in [5.41, 5.74) is 3.83. The number of pyridine rings is 1. The van der Waals surface area contributed by atoms with E-state index in [1.54, 1.807) is 30.0 Å². The van der Waals surface area contributed by atoms with Crippen LogP contribution < -0.4 is 4.74 Å². The average molecular weight is 474 g/mol. The topological polar surface area (TPSA) is 103 Å². The molecule has 3 aromatic rings. The van der Waals surface area contributed by atoms with Crippen molar-refractivity contribution in [2.45, 2.75) is 32.9 Å². The normalized spacial score (nSPS) is 13.6. The molecule has 174 valence electrons. The Bertz CT molecular complexity index is 1270. The summed E-state index contributed by atoms with van der Waals surface area (Å²) >= 11 is 0. The van der Waals surface area contributed by atoms with E-state index in [-0.39, 0.29) is 30.5 Å². The van der Waals surface area contributed by atoms with Gasteiger partial charge in [0.05, 0.1) is 17.0 Å². The van der Waals surface area contributed by atoms with Gasteiger partial charge in [-0.3, -0.25) is 4.79 Å². The predicted octanol–water partition coefficient (Wildman–Crippen LogP) is 3.08. The number of carbonyl (C=O) groups excluding carboxylic acids is 1. The highest BCUT2D eigenvalue weighted by Crippen LogP contribution is 2.27. The smallest absolute Gasteiger partial charge is 0.223 e. The lowest BCUT2D eigenvalue weighted by atomic mass is 10.1. The van der Waals surface area contributed by atoms with Gasteiger partial charge in [-0.15, -0.1) is 0 Å². The zero-order valence-electron chi connectivity index (χ0n) is 18.4. The monoisotopic (exact) mass is 473 g/mol. The Morgan fingerprint density at radius 2 is 1.97 bits per heavy atom. The second-order valence-electron chi connectivity index (χ2n) is 8.06. The third-order valence-electron chi connectivity index (χ3n) is 5.53. The van der Waals surface area contributed by atoms with E-state index < -0.39 is 9.84 Å². The average Bonchev–Trinajstić information content (AvgIpc) is 3.15. The van der Waals surface area contributed by atoms with Gasteiger partial charge >= 0.3 is 0 Å². The molecule has 0 atom stereocenters. The van der Waals surface area contributed by atoms with E-state index in [0.717, 1.165) is 28.6 Å². The number of amides is 1. The van der Waals surface area contributed by atoms with Gasteiger partial charge in [-0.25, -0.2) is 17.8 Å². The maximum Gasteiger partial charge on any atom is 0.223 e. The maximum atomic E-state index is 13.2. The summed E-state index contributed by atoms with van der Waals surface area (Å²) in [5.74, 6) is 0.391. The summed E-state index contributed by atoms with van der Waals surface area (Å²) < 4.78 is 47.1. The number of nitrogens with zero attached hydrogens (tertiary/aromatic N) is 3. The highest BCUT2D eigenvalue weighted by Gasteiger charge is 2.23. The molecule has 1 amide bonds. The zero-order chi connectivity index (χ0) is 23.6. The number of halogens is 1. The van der Waals surface area contributed by atoms with E-state index in [1.165, 1.54) is 12.1 Å². The van der Waals surface area contributed by atoms with Crippen LogP contribution in [-0.4, -0.2) is 47.9 Å². The van der Waals surface area contributed by atoms with Crippen LogP contribution in [0.15, 0.2) is 40.9 Å². The molecule has 0 aliphatic carbocycles. The number of carbonyl (C=O) groups is 1. The molecule has 4 rings (SSSR count). The van der Waals surface area contributed by atoms with Gasteiger partial charge in [0.15, 0.2) is 0 Å². The molecule has 0 bridgehead atoms. The quantitative estimate of drug-likeness (QED) is 0.520. The highest BCUT2D eigenvalue weighted by atomic mass is 32.2. The molecular formula is C23H24FN3O5S. The fraction of sp³-hybridized carbons (Fsp3) is 0.348. The van der Waals surface area contributed by atoms with Crippen molar-refractivity contribution in [2.75, 3.05) is 18.6 Å². The van der Waals surface area contributed by atoms with Crippen molar-refractivity contribution >= 4 is 15.7 Å². The largest absolute Gasteiger partial charge is 0.473 e. The van der Waals surface area contributed by atoms with Crippen molar-refractivity contribution in [3.8, 4) is 17.1 Å². The Morgan fingerprint density at radius 3 is 2.70 bits per heavy atom. The number of benzene rings is 1. The Labute approximate surface area is 191 Å². The van der Waals surface area contributed by atoms with Gasteiger partial charge in [-0.1, -0.05) is 11.2 Å². The molecular weight excluding hydrogens is 449 g/mol. The number of aryl methyl sites for hydroxylation is 1. The molecule has 0 saturated carbocycles. The van der Waals surface area contributed by atoms with Crippen molar-refractivity contribution in [1.29, 1.82) is 0 Å². The molecule has 1 aliphatic rings. The third-order valence-corrected chi connectivity index (χ3v) is 6.47. The number of sulfone groups is 1. The molecule has 0 saturated heterocycles. The number of ether oxygens (including phenoxy) is 1. The van der Waals surface area contributed by atoms with Crippen LogP contribution in [0.5, 0.6) is 5.88 Å². The number of rotatable bonds is 7. The lowest BCUT2D eigenvalue weighted by Gasteiger charge is -2.28. The molecule has 33 heavy (non-hydrogen) atoms. The molecule has 0 spiro atoms. The molecule has 0 fully saturated rings. The second-order valence-corrected chi connectivity index (χ2v) is 10.3. The van der Waals surface area contributed by atoms with Crippen molar-refractivity contribution < 1.29 is 26.9 Å². The predicted molar refractivity (Wildman–Crippen MR) is 119 cm³/mol. The first kappa shape index (κ1) is 22.9. The van der Waals surface area contributed by atoms with Gasteiger partial charge < -0.3 is 14.2 Å². The van der Waals surface area contributed by atoms with Crippen LogP contribution in [0.3, 0.4) is 0 Å². The van der Waals surface area contributed by atoms with Crippen LogP contribution in [0, 0.1) is 12.7 Å². The first-order chi connectivity index (χ1) is 15.7. The molecule has 8 nitrogen and oxygen atoms in total. The minimum atomic E-state index is -3.18. The summed E-state index contributed by atoms with van der Waals surface area (Å²) in [7, 11) is -3.18. The third kappa shape index (κ3) is 5.57. The molecule has 10 heteroatoms. The highest BCUT2D eigenvalue weighted by molar-refractivity contribution is 7.90. The number of aromatic nitrogens is 2. The molecule has 0 radical (unpaired) electrons. The van der Waals surface area contributed by atoms with E-state index in [2.05, 4.69) is 10.1 Å². The number of hydrogen-bond acceptors (Lipinski definition) is 7. The number of fused-ring (bicyclic) bond motifs is 1. The van der Waals surface area contributed by atoms with Crippen molar-refractivity contribution in [3.05, 3.63) is 64.8 Å². The Morgan fingerprint density at radius 1 is 1.21 bits per heavy atom. The first-order valence-electron chi connectivity index (χ1n) is 10.5. The maximum absolute atomic E-state index is 13.2. The summed E-state index contributed by atoms with van der Waals surface area (Å²) in [6, 6.07) is 9.61. The fourth-order valence-electron chi connectivity index (χ4n) is 3.66. The molecule has 0 unspecified atom stereocenters. The summed E-state index contributed by atoms with van der Waals surface area (Å²) in [5, 5.41) is 4.08. The zero-order valence-corrected chi connectivity index (χ0v) is 19.2. The van der Waals surface area contributed by atoms with Gasteiger partial charge in [-0.2, -0.15) is 0 Å². The first-order valence-corrected chi connectivity index (χ1v) is 12.5. The lowest BCUT2D eigenvalue weighted by molar-refractivity contribution is -0.131. The molecule has 0 N–H and O–H groups in total. The van der Waals surface area contributed by atoms with Crippen LogP contribution in [0.2, 0.25) is 0 Å². The fourth-order valence-corrected chi connectivity index (χ4v) is 4.21. The van der Waals surface area contributed by atoms with Crippen molar-refractivity contribution in [3.63, 3.8) is 0 Å². The van der Waals surface area contributed by atoms with E-state index >= 15 is 0 Å². The van der Waals surface area contributed by atoms with Gasteiger partial charge in [0, 0.05) is 43.8 Å². The van der Waals surface area contributed by atoms with Crippen LogP contribution in [0.4, 0.5) is 4.39 Å². The van der Waals surface area contributed by atoms with Crippen LogP contribution in [0.25, 0.3) is 11.3 Å². The van der Waals surface area contributed by atoms with Crippen molar-refractivity contribution in [2.24, 2.45) is 0 Å². The van der Waals surface area contributed by atoms with Gasteiger partial charge in [0.25, 0.3) is 0 Å². The Hall–Kier alpha value is -3.27. The minimum Gasteiger partial charge on any atom is -0.473 e. The second kappa shape index (κ2) is 9.30. The van der Waals surface area contributed by atoms with Crippen LogP contribution in [0.1, 0.15) is 29.0 Å². The van der Waals surface area contributed by atoms with E-state index in [9.17, 15) is 17.6 Å². The van der Waals surface area contributed by atoms with Crippen LogP contribution in [-0.2, 0) is 34.2 Å². The van der Waals surface area contributed by atoms with Gasteiger partial charge in [0.2, 0.25) is 11.8 Å². The van der Waals surface area contributed by atoms with E-state index in [4.69, 9.17) is 9.26 Å². The Kier molecular flexibility index (Phi) is 6.46. The van der Waals surface area contributed by atoms with Gasteiger partial charge in [-0.05, 0) is 36.8 Å². The van der Waals surface area contributed by atoms with Crippen molar-refractivity contribution in [1.82, 2.24) is 15.0 Å². The SMILES string of the molecule is Cc1onc(-c2ccc(F)cc2)c1COc1ccc2c(n1)CCN(C(=O)CCS(C)(=O)=O)C2. The molecule has 3 heterocycles. The molecule has 2 aromatic heterocycles. The van der Waals surface area contributed by atoms with Crippen LogP contribution >= 0.6 is 0 Å². The summed E-state index contributed by atoms with van der Waals surface area (Å²) in [6.45, 7) is 2.84. The summed E-state index contributed by atoms with van der Waals surface area (Å²) in [4.78, 5) is 18.6. The molecule has 1 aliphatic heterocycles. The van der Waals surface area contributed by atoms with Gasteiger partial charge in [0.1, 0.15) is 33.7 Å². The Balaban J connectivity index is 1.42. The number of hydrogen-bond donors (Lipinski definition) is 0. The minimum absolute atomic E-state index is 0.0166. The summed E-state index contributed by atoms with van der Waals surface area (Å²) in [6.07, 6.45) is 1.67.